The molecule has 8 aromatic carbocycles. The summed E-state index contributed by atoms with van der Waals surface area (Å²) >= 11 is 0. The summed E-state index contributed by atoms with van der Waals surface area (Å²) in [5, 5.41) is 2.75. The van der Waals surface area contributed by atoms with Crippen molar-refractivity contribution >= 4 is 17.9 Å². The number of ether oxygens (including phenoxy) is 5. The third-order valence-corrected chi connectivity index (χ3v) is 18.6. The zero-order valence-electron chi connectivity index (χ0n) is 70.6. The molecule has 12 heteroatoms. The average Bonchev–Trinajstić information content (AvgIpc) is 1.53. The van der Waals surface area contributed by atoms with Crippen LogP contribution in [-0.4, -0.2) is 128 Å². The summed E-state index contributed by atoms with van der Waals surface area (Å²) < 4.78 is 29.1. The summed E-state index contributed by atoms with van der Waals surface area (Å²) in [6.45, 7) is 39.0. The Morgan fingerprint density at radius 2 is 0.929 bits per heavy atom. The van der Waals surface area contributed by atoms with Crippen LogP contribution >= 0.6 is 0 Å². The van der Waals surface area contributed by atoms with Crippen LogP contribution in [0.2, 0.25) is 0 Å². The number of rotatable bonds is 26. The smallest absolute Gasteiger partial charge is 0.341 e. The largest absolute Gasteiger partial charge is 0.493 e. The summed E-state index contributed by atoms with van der Waals surface area (Å²) in [4.78, 5) is 43.1. The number of esters is 2. The summed E-state index contributed by atoms with van der Waals surface area (Å²) in [7, 11) is 12.1. The van der Waals surface area contributed by atoms with Crippen LogP contribution in [0, 0.1) is 77.8 Å². The Bertz CT molecular complexity index is 4710. The van der Waals surface area contributed by atoms with Crippen molar-refractivity contribution in [2.45, 2.75) is 159 Å². The Morgan fingerprint density at radius 3 is 1.35 bits per heavy atom. The molecule has 0 fully saturated rings. The number of hydrogen-bond acceptors (Lipinski definition) is 12. The Hall–Kier alpha value is -10.7. The maximum atomic E-state index is 13.6. The van der Waals surface area contributed by atoms with Crippen LogP contribution in [0.5, 0.6) is 11.5 Å². The van der Waals surface area contributed by atoms with Gasteiger partial charge < -0.3 is 38.8 Å². The van der Waals surface area contributed by atoms with Crippen molar-refractivity contribution in [3.63, 3.8) is 0 Å². The van der Waals surface area contributed by atoms with Crippen molar-refractivity contribution in [1.82, 2.24) is 20.0 Å². The summed E-state index contributed by atoms with van der Waals surface area (Å²) in [6, 6.07) is 52.6. The van der Waals surface area contributed by atoms with Gasteiger partial charge in [-0.05, 0) is 280 Å². The van der Waals surface area contributed by atoms with Crippen molar-refractivity contribution in [3.05, 3.63) is 275 Å². The number of aryl methyl sites for hydroxylation is 7. The molecule has 0 spiro atoms. The Kier molecular flexibility index (Phi) is 39.0. The van der Waals surface area contributed by atoms with Gasteiger partial charge in [0.1, 0.15) is 23.0 Å². The Balaban J connectivity index is 0.000000490. The molecule has 0 unspecified atom stereocenters. The van der Waals surface area contributed by atoms with Crippen LogP contribution in [0.25, 0.3) is 22.3 Å². The molecule has 0 aromatic heterocycles. The fourth-order valence-electron chi connectivity index (χ4n) is 14.1. The predicted molar refractivity (Wildman–Crippen MR) is 467 cm³/mol. The number of terminal acetylenes is 1. The predicted octanol–water partition coefficient (Wildman–Crippen LogP) is 20.5. The van der Waals surface area contributed by atoms with Gasteiger partial charge in [0.05, 0.1) is 37.4 Å². The second kappa shape index (κ2) is 47.5. The van der Waals surface area contributed by atoms with Gasteiger partial charge in [0.2, 0.25) is 0 Å². The number of benzene rings is 8. The molecular formula is C100H124N4O8. The topological polar surface area (TPSA) is 119 Å². The van der Waals surface area contributed by atoms with E-state index in [4.69, 9.17) is 30.1 Å². The van der Waals surface area contributed by atoms with Gasteiger partial charge in [0.15, 0.2) is 11.7 Å². The lowest BCUT2D eigenvalue weighted by Crippen LogP contribution is -2.29. The lowest BCUT2D eigenvalue weighted by molar-refractivity contribution is 0.0419. The highest BCUT2D eigenvalue weighted by molar-refractivity contribution is 5.95. The lowest BCUT2D eigenvalue weighted by atomic mass is 9.66. The third-order valence-electron chi connectivity index (χ3n) is 18.6. The minimum Gasteiger partial charge on any atom is -0.493 e. The molecule has 12 nitrogen and oxygen atoms in total. The molecule has 0 amide bonds. The van der Waals surface area contributed by atoms with Crippen LogP contribution in [0.15, 0.2) is 175 Å². The highest BCUT2D eigenvalue weighted by atomic mass is 16.5. The second-order valence-electron chi connectivity index (χ2n) is 28.6. The third kappa shape index (κ3) is 24.2. The van der Waals surface area contributed by atoms with Crippen LogP contribution < -0.4 is 14.8 Å². The van der Waals surface area contributed by atoms with Crippen LogP contribution in [0.1, 0.15) is 206 Å². The zero-order valence-corrected chi connectivity index (χ0v) is 70.6. The molecule has 2 aliphatic rings. The molecule has 112 heavy (non-hydrogen) atoms. The summed E-state index contributed by atoms with van der Waals surface area (Å²) in [5.41, 5.74) is 31.8. The summed E-state index contributed by atoms with van der Waals surface area (Å²) in [5.74, 6) is 11.1. The molecule has 0 aliphatic heterocycles. The fraction of sp³-hybridized carbons (Fsp3) is 0.380. The molecule has 2 aliphatic carbocycles. The van der Waals surface area contributed by atoms with Gasteiger partial charge in [0.25, 0.3) is 0 Å². The van der Waals surface area contributed by atoms with Crippen molar-refractivity contribution in [2.75, 3.05) is 95.1 Å². The molecule has 1 N–H and O–H groups in total. The molecule has 0 radical (unpaired) electrons. The van der Waals surface area contributed by atoms with Gasteiger partial charge in [-0.15, -0.1) is 6.42 Å². The molecule has 10 rings (SSSR count). The van der Waals surface area contributed by atoms with Crippen LogP contribution in [-0.2, 0) is 42.8 Å². The second-order valence-corrected chi connectivity index (χ2v) is 28.6. The van der Waals surface area contributed by atoms with Gasteiger partial charge in [-0.2, -0.15) is 0 Å². The summed E-state index contributed by atoms with van der Waals surface area (Å²) in [6.07, 6.45) is 15.3. The van der Waals surface area contributed by atoms with Crippen LogP contribution in [0.4, 0.5) is 0 Å². The van der Waals surface area contributed by atoms with Crippen molar-refractivity contribution in [3.8, 4) is 70.0 Å². The molecule has 0 heterocycles. The molecule has 0 saturated heterocycles. The normalized spacial score (nSPS) is 11.5. The van der Waals surface area contributed by atoms with E-state index in [1.54, 1.807) is 13.0 Å². The number of nitrogens with one attached hydrogen (secondary N) is 1. The van der Waals surface area contributed by atoms with Gasteiger partial charge in [-0.3, -0.25) is 4.90 Å². The highest BCUT2D eigenvalue weighted by Crippen LogP contribution is 2.59. The molecular weight excluding hydrogens is 1390 g/mol. The Labute approximate surface area is 674 Å². The van der Waals surface area contributed by atoms with Gasteiger partial charge in [-0.1, -0.05) is 204 Å². The SMILES string of the molecule is C#CC#CC#COc1ccc(C2(c3ccc(CN(C)CCC)c(C)c3)c3cc(C)ccc3-c3ccc(C)cc32)cc1C(=O)OCC.C=C=C=C=C=C=O.CCC.CCC.CCCN(C)COCCCc1ccc(C2(c3ccc(OCCCN(C)C)c(C(=O)OCC)c3)c3cc(C)ccc3-c3ccc(C)cc32)cc1C.CNC.[HH].[HH]. The first-order valence-electron chi connectivity index (χ1n) is 39.4. The van der Waals surface area contributed by atoms with E-state index in [1.165, 1.54) is 102 Å². The number of hydrogen-bond donors (Lipinski definition) is 1. The molecule has 0 bridgehead atoms. The van der Waals surface area contributed by atoms with E-state index in [2.05, 4.69) is 300 Å². The van der Waals surface area contributed by atoms with E-state index in [9.17, 15) is 14.4 Å². The van der Waals surface area contributed by atoms with Gasteiger partial charge in [0, 0.05) is 45.9 Å². The van der Waals surface area contributed by atoms with Gasteiger partial charge >= 0.3 is 11.9 Å². The number of nitrogens with zero attached hydrogens (tertiary/aromatic N) is 3. The first kappa shape index (κ1) is 92.0. The zero-order chi connectivity index (χ0) is 82.3. The minimum atomic E-state index is -0.703. The maximum absolute atomic E-state index is 13.6. The van der Waals surface area contributed by atoms with E-state index in [1.807, 2.05) is 51.0 Å². The number of carbonyl (C=O) groups is 2. The first-order chi connectivity index (χ1) is 54.0. The van der Waals surface area contributed by atoms with Crippen LogP contribution in [0.3, 0.4) is 0 Å². The quantitative estimate of drug-likeness (QED) is 0.0139. The number of carbonyl (C=O) groups excluding carboxylic acids is 3. The van der Waals surface area contributed by atoms with E-state index in [-0.39, 0.29) is 15.4 Å². The monoisotopic (exact) mass is 1510 g/mol. The minimum absolute atomic E-state index is 0. The molecule has 8 aromatic rings. The molecule has 0 atom stereocenters. The lowest BCUT2D eigenvalue weighted by Gasteiger charge is -2.35. The standard InChI is InChI=1S/C44H56N2O4.C42H39NO3.C6H2O.2C3H8.C2H7N.2H2/c1-9-22-46(8)30-48-24-11-13-34-16-17-35(28-33(34)5)44(40-26-31(3)14-19-37(40)38-20-15-32(4)27-41(38)44)36-18-21-42(50-25-12-23-45(6)7)39(29-36)43(47)49-10-2;1-8-11-12-13-23-46-40-21-18-34(27-37(40)41(44)45-10-3)42(33-17-16-32(31(6)26-33)28-43(7)22-9-2)38-24-29(4)14-19-35(38)36-20-15-30(5)25-39(36)42;1-2-3-4-5-6-7;3*1-3-2;;/h14-21,26-29H,9-13,22-25,30H2,1-8H3;1,14-21,24-27H,9-10,22,28H2,2-7H3;1H2;2*3H2,1-2H3;3H,1-2H3;2*1H. The van der Waals surface area contributed by atoms with Gasteiger partial charge in [-0.25, -0.2) is 14.4 Å². The fourth-order valence-corrected chi connectivity index (χ4v) is 14.1. The maximum Gasteiger partial charge on any atom is 0.341 e. The van der Waals surface area contributed by atoms with E-state index < -0.39 is 16.8 Å². The Morgan fingerprint density at radius 1 is 0.500 bits per heavy atom. The number of fused-ring (bicyclic) bond motifs is 6. The van der Waals surface area contributed by atoms with E-state index in [0.717, 1.165) is 92.7 Å². The van der Waals surface area contributed by atoms with Crippen molar-refractivity contribution in [2.24, 2.45) is 0 Å². The average molecular weight is 1510 g/mol. The van der Waals surface area contributed by atoms with Crippen molar-refractivity contribution in [1.29, 1.82) is 0 Å². The molecule has 0 saturated carbocycles. The highest BCUT2D eigenvalue weighted by Gasteiger charge is 2.49. The van der Waals surface area contributed by atoms with E-state index in [0.29, 0.717) is 42.6 Å². The van der Waals surface area contributed by atoms with E-state index >= 15 is 0 Å². The molecule has 592 valence electrons. The van der Waals surface area contributed by atoms with Crippen molar-refractivity contribution < 1.29 is 40.9 Å². The first-order valence-corrected chi connectivity index (χ1v) is 39.4.